The molecule has 0 spiro atoms. The van der Waals surface area contributed by atoms with Gasteiger partial charge >= 0.3 is 6.18 Å². The normalized spacial score (nSPS) is 21.2. The molecule has 0 aliphatic carbocycles. The number of hydrogen-bond acceptors (Lipinski definition) is 5. The second-order valence-electron chi connectivity index (χ2n) is 9.69. The van der Waals surface area contributed by atoms with Gasteiger partial charge in [0.25, 0.3) is 0 Å². The first-order chi connectivity index (χ1) is 17.3. The topological polar surface area (TPSA) is 49.2 Å². The van der Waals surface area contributed by atoms with Crippen LogP contribution in [0.5, 0.6) is 0 Å². The van der Waals surface area contributed by atoms with E-state index in [1.54, 1.807) is 17.1 Å². The number of aromatic nitrogens is 3. The van der Waals surface area contributed by atoms with Crippen molar-refractivity contribution in [3.8, 4) is 5.69 Å². The Kier molecular flexibility index (Phi) is 6.98. The first-order valence-electron chi connectivity index (χ1n) is 12.3. The van der Waals surface area contributed by atoms with Crippen LogP contribution in [0.1, 0.15) is 36.2 Å². The Morgan fingerprint density at radius 3 is 2.64 bits per heavy atom. The van der Waals surface area contributed by atoms with Gasteiger partial charge in [-0.2, -0.15) is 18.3 Å². The molecular formula is C26H30F4N6. The third-order valence-corrected chi connectivity index (χ3v) is 6.97. The van der Waals surface area contributed by atoms with Crippen LogP contribution in [0.15, 0.2) is 55.0 Å². The van der Waals surface area contributed by atoms with Crippen molar-refractivity contribution in [2.75, 3.05) is 38.2 Å². The molecule has 2 aliphatic heterocycles. The van der Waals surface area contributed by atoms with Crippen molar-refractivity contribution in [2.45, 2.75) is 44.1 Å². The lowest BCUT2D eigenvalue weighted by molar-refractivity contribution is -0.155. The Balaban J connectivity index is 1.39. The molecule has 2 aliphatic rings. The highest BCUT2D eigenvalue weighted by atomic mass is 19.4. The lowest BCUT2D eigenvalue weighted by Crippen LogP contribution is -2.54. The minimum absolute atomic E-state index is 0.259. The largest absolute Gasteiger partial charge is 0.401 e. The van der Waals surface area contributed by atoms with Gasteiger partial charge in [0.05, 0.1) is 48.6 Å². The van der Waals surface area contributed by atoms with Crippen molar-refractivity contribution in [1.82, 2.24) is 24.6 Å². The van der Waals surface area contributed by atoms with Crippen LogP contribution in [0.3, 0.4) is 0 Å². The summed E-state index contributed by atoms with van der Waals surface area (Å²) < 4.78 is 54.8. The van der Waals surface area contributed by atoms with Crippen molar-refractivity contribution in [3.63, 3.8) is 0 Å². The molecule has 1 N–H and O–H groups in total. The van der Waals surface area contributed by atoms with Gasteiger partial charge in [-0.25, -0.2) is 4.68 Å². The zero-order valence-corrected chi connectivity index (χ0v) is 20.1. The molecule has 1 aromatic carbocycles. The van der Waals surface area contributed by atoms with Crippen LogP contribution in [-0.2, 0) is 6.42 Å². The number of anilines is 1. The van der Waals surface area contributed by atoms with E-state index in [1.165, 1.54) is 4.90 Å². The van der Waals surface area contributed by atoms with Gasteiger partial charge < -0.3 is 5.32 Å². The third kappa shape index (κ3) is 5.39. The molecule has 36 heavy (non-hydrogen) atoms. The molecule has 1 saturated heterocycles. The number of halogens is 4. The van der Waals surface area contributed by atoms with Crippen LogP contribution >= 0.6 is 0 Å². The van der Waals surface area contributed by atoms with Gasteiger partial charge in [-0.3, -0.25) is 19.2 Å². The maximum atomic E-state index is 13.6. The van der Waals surface area contributed by atoms with Crippen LogP contribution in [0.25, 0.3) is 5.69 Å². The standard InChI is InChI=1S/C26H30F4N6/c1-18-12-19-13-22(36-11-3-9-32-36)5-6-23(19)25(35(18)17-26(28,29)30)24-7-4-20(14-31-24)33-21-15-34(16-21)10-2-8-27/h3-7,9,11,13-14,18,21,25,33H,2,8,10,12,15-17H2,1H3/t18-,25+/m0/s1. The van der Waals surface area contributed by atoms with E-state index in [1.807, 2.05) is 49.5 Å². The Bertz CT molecular complexity index is 1140. The summed E-state index contributed by atoms with van der Waals surface area (Å²) in [5, 5.41) is 7.69. The van der Waals surface area contributed by atoms with E-state index in [9.17, 15) is 17.6 Å². The molecule has 1 fully saturated rings. The van der Waals surface area contributed by atoms with Crippen molar-refractivity contribution in [3.05, 3.63) is 71.8 Å². The van der Waals surface area contributed by atoms with E-state index >= 15 is 0 Å². The van der Waals surface area contributed by atoms with Crippen molar-refractivity contribution >= 4 is 5.69 Å². The maximum Gasteiger partial charge on any atom is 0.401 e. The maximum absolute atomic E-state index is 13.6. The summed E-state index contributed by atoms with van der Waals surface area (Å²) in [6.45, 7) is 2.96. The predicted octanol–water partition coefficient (Wildman–Crippen LogP) is 4.62. The van der Waals surface area contributed by atoms with E-state index < -0.39 is 18.8 Å². The predicted molar refractivity (Wildman–Crippen MR) is 130 cm³/mol. The highest BCUT2D eigenvalue weighted by molar-refractivity contribution is 5.48. The fourth-order valence-electron chi connectivity index (χ4n) is 5.27. The molecule has 10 heteroatoms. The molecule has 0 amide bonds. The Hall–Kier alpha value is -2.98. The van der Waals surface area contributed by atoms with Crippen LogP contribution in [-0.4, -0.2) is 75.7 Å². The molecule has 0 unspecified atom stereocenters. The number of likely N-dealkylation sites (tertiary alicyclic amines) is 1. The number of rotatable bonds is 8. The highest BCUT2D eigenvalue weighted by Gasteiger charge is 2.41. The third-order valence-electron chi connectivity index (χ3n) is 6.97. The first-order valence-corrected chi connectivity index (χ1v) is 12.3. The highest BCUT2D eigenvalue weighted by Crippen LogP contribution is 2.39. The van der Waals surface area contributed by atoms with Gasteiger partial charge in [0, 0.05) is 38.1 Å². The van der Waals surface area contributed by atoms with Crippen molar-refractivity contribution in [1.29, 1.82) is 0 Å². The number of nitrogens with zero attached hydrogens (tertiary/aromatic N) is 5. The summed E-state index contributed by atoms with van der Waals surface area (Å²) in [7, 11) is 0. The molecule has 4 heterocycles. The van der Waals surface area contributed by atoms with E-state index in [0.29, 0.717) is 18.5 Å². The SMILES string of the molecule is C[C@H]1Cc2cc(-n3cccn3)ccc2[C@H](c2ccc(NC3CN(CCCF)C3)cn2)N1CC(F)(F)F. The molecular weight excluding hydrogens is 472 g/mol. The number of nitrogens with one attached hydrogen (secondary N) is 1. The number of benzene rings is 1. The fraction of sp³-hybridized carbons (Fsp3) is 0.462. The Labute approximate surface area is 207 Å². The minimum Gasteiger partial charge on any atom is -0.378 e. The molecule has 2 aromatic heterocycles. The van der Waals surface area contributed by atoms with E-state index in [2.05, 4.69) is 20.3 Å². The summed E-state index contributed by atoms with van der Waals surface area (Å²) >= 11 is 0. The quantitative estimate of drug-likeness (QED) is 0.456. The average Bonchev–Trinajstić information content (AvgIpc) is 3.35. The van der Waals surface area contributed by atoms with Gasteiger partial charge in [-0.05, 0) is 61.2 Å². The second-order valence-corrected chi connectivity index (χ2v) is 9.69. The van der Waals surface area contributed by atoms with Crippen LogP contribution in [0, 0.1) is 0 Å². The number of pyridine rings is 1. The first kappa shape index (κ1) is 24.7. The molecule has 0 radical (unpaired) electrons. The Morgan fingerprint density at radius 1 is 1.14 bits per heavy atom. The molecule has 6 nitrogen and oxygen atoms in total. The molecule has 2 atom stereocenters. The van der Waals surface area contributed by atoms with Gasteiger partial charge in [0.2, 0.25) is 0 Å². The molecule has 0 bridgehead atoms. The van der Waals surface area contributed by atoms with Gasteiger partial charge in [-0.15, -0.1) is 0 Å². The average molecular weight is 503 g/mol. The van der Waals surface area contributed by atoms with Crippen LogP contribution in [0.4, 0.5) is 23.2 Å². The smallest absolute Gasteiger partial charge is 0.378 e. The van der Waals surface area contributed by atoms with Gasteiger partial charge in [-0.1, -0.05) is 6.07 Å². The van der Waals surface area contributed by atoms with E-state index in [0.717, 1.165) is 42.1 Å². The zero-order chi connectivity index (χ0) is 25.3. The summed E-state index contributed by atoms with van der Waals surface area (Å²) in [6, 6.07) is 10.7. The van der Waals surface area contributed by atoms with E-state index in [-0.39, 0.29) is 18.8 Å². The van der Waals surface area contributed by atoms with Crippen molar-refractivity contribution < 1.29 is 17.6 Å². The van der Waals surface area contributed by atoms with Crippen molar-refractivity contribution in [2.24, 2.45) is 0 Å². The molecule has 3 aromatic rings. The second kappa shape index (κ2) is 10.2. The van der Waals surface area contributed by atoms with Gasteiger partial charge in [0.15, 0.2) is 0 Å². The lowest BCUT2D eigenvalue weighted by Gasteiger charge is -2.42. The molecule has 192 valence electrons. The summed E-state index contributed by atoms with van der Waals surface area (Å²) in [4.78, 5) is 8.30. The van der Waals surface area contributed by atoms with Crippen LogP contribution < -0.4 is 5.32 Å². The molecule has 5 rings (SSSR count). The molecule has 0 saturated carbocycles. The fourth-order valence-corrected chi connectivity index (χ4v) is 5.27. The number of fused-ring (bicyclic) bond motifs is 1. The summed E-state index contributed by atoms with van der Waals surface area (Å²) in [5.41, 5.74) is 4.13. The van der Waals surface area contributed by atoms with Crippen LogP contribution in [0.2, 0.25) is 0 Å². The van der Waals surface area contributed by atoms with Gasteiger partial charge in [0.1, 0.15) is 0 Å². The monoisotopic (exact) mass is 502 g/mol. The van der Waals surface area contributed by atoms with E-state index in [4.69, 9.17) is 0 Å². The summed E-state index contributed by atoms with van der Waals surface area (Å²) in [6.07, 6.45) is 1.97. The minimum atomic E-state index is -4.32. The lowest BCUT2D eigenvalue weighted by atomic mass is 9.86. The summed E-state index contributed by atoms with van der Waals surface area (Å²) in [5.74, 6) is 0. The zero-order valence-electron chi connectivity index (χ0n) is 20.1. The number of hydrogen-bond donors (Lipinski definition) is 1. The number of alkyl halides is 4. The Morgan fingerprint density at radius 2 is 1.97 bits per heavy atom.